The van der Waals surface area contributed by atoms with E-state index in [0.717, 1.165) is 6.42 Å². The molecule has 0 unspecified atom stereocenters. The molecule has 0 aromatic heterocycles. The second-order valence-corrected chi connectivity index (χ2v) is 4.09. The average molecular weight is 260 g/mol. The Labute approximate surface area is 108 Å². The minimum absolute atomic E-state index is 0.0115. The predicted molar refractivity (Wildman–Crippen MR) is 68.3 cm³/mol. The lowest BCUT2D eigenvalue weighted by atomic mass is 10.1. The normalized spacial score (nSPS) is 12.3. The number of hydrogen-bond donors (Lipinski definition) is 3. The number of carbonyl (C=O) groups is 2. The van der Waals surface area contributed by atoms with Gasteiger partial charge in [0, 0.05) is 19.5 Å². The largest absolute Gasteiger partial charge is 0.465 e. The molecule has 0 radical (unpaired) electrons. The number of rotatable bonds is 9. The highest BCUT2D eigenvalue weighted by molar-refractivity contribution is 5.77. The van der Waals surface area contributed by atoms with Crippen molar-refractivity contribution in [3.8, 4) is 0 Å². The molecule has 0 fully saturated rings. The standard InChI is InChI=1S/C11H24N4O3/c1-3-18-11(17)8-15(2)14-10(16)7-9(13)5-4-6-12/h9H,3-8,12-13H2,1-2H3,(H,14,16)/t9-/m0/s1. The summed E-state index contributed by atoms with van der Waals surface area (Å²) in [5, 5.41) is 1.38. The lowest BCUT2D eigenvalue weighted by molar-refractivity contribution is -0.145. The molecule has 0 saturated heterocycles. The molecule has 0 rings (SSSR count). The van der Waals surface area contributed by atoms with Crippen LogP contribution in [0.5, 0.6) is 0 Å². The number of nitrogens with one attached hydrogen (secondary N) is 1. The van der Waals surface area contributed by atoms with Gasteiger partial charge in [-0.3, -0.25) is 15.0 Å². The fourth-order valence-corrected chi connectivity index (χ4v) is 1.42. The number of likely N-dealkylation sites (N-methyl/N-ethyl adjacent to an activating group) is 1. The van der Waals surface area contributed by atoms with Crippen molar-refractivity contribution in [3.05, 3.63) is 0 Å². The molecule has 0 heterocycles. The maximum absolute atomic E-state index is 11.6. The minimum atomic E-state index is -0.382. The van der Waals surface area contributed by atoms with Crippen LogP contribution in [0.25, 0.3) is 0 Å². The van der Waals surface area contributed by atoms with E-state index < -0.39 is 0 Å². The van der Waals surface area contributed by atoms with E-state index in [9.17, 15) is 9.59 Å². The molecule has 1 amide bonds. The van der Waals surface area contributed by atoms with Crippen LogP contribution >= 0.6 is 0 Å². The zero-order chi connectivity index (χ0) is 14.0. The third-order valence-corrected chi connectivity index (χ3v) is 2.21. The third kappa shape index (κ3) is 8.91. The first-order valence-corrected chi connectivity index (χ1v) is 6.11. The van der Waals surface area contributed by atoms with Gasteiger partial charge in [-0.15, -0.1) is 0 Å². The molecular weight excluding hydrogens is 236 g/mol. The number of ether oxygens (including phenoxy) is 1. The van der Waals surface area contributed by atoms with Crippen molar-refractivity contribution >= 4 is 11.9 Å². The fourth-order valence-electron chi connectivity index (χ4n) is 1.42. The summed E-state index contributed by atoms with van der Waals surface area (Å²) in [6.07, 6.45) is 1.73. The van der Waals surface area contributed by atoms with Gasteiger partial charge in [0.1, 0.15) is 6.54 Å². The van der Waals surface area contributed by atoms with Gasteiger partial charge >= 0.3 is 5.97 Å². The second kappa shape index (κ2) is 9.81. The van der Waals surface area contributed by atoms with E-state index in [2.05, 4.69) is 5.43 Å². The van der Waals surface area contributed by atoms with Gasteiger partial charge in [-0.1, -0.05) is 0 Å². The van der Waals surface area contributed by atoms with Crippen LogP contribution in [0.4, 0.5) is 0 Å². The van der Waals surface area contributed by atoms with Crippen LogP contribution in [-0.4, -0.2) is 49.7 Å². The molecule has 0 aromatic rings. The van der Waals surface area contributed by atoms with Crippen molar-refractivity contribution in [1.29, 1.82) is 0 Å². The summed E-state index contributed by atoms with van der Waals surface area (Å²) in [5.74, 6) is -0.598. The summed E-state index contributed by atoms with van der Waals surface area (Å²) in [4.78, 5) is 22.7. The molecular formula is C11H24N4O3. The SMILES string of the molecule is CCOC(=O)CN(C)NC(=O)C[C@@H](N)CCCN. The summed E-state index contributed by atoms with van der Waals surface area (Å²) in [6.45, 7) is 2.63. The summed E-state index contributed by atoms with van der Waals surface area (Å²) in [5.41, 5.74) is 13.7. The molecule has 7 nitrogen and oxygen atoms in total. The Morgan fingerprint density at radius 2 is 2.11 bits per heavy atom. The average Bonchev–Trinajstić information content (AvgIpc) is 2.25. The zero-order valence-corrected chi connectivity index (χ0v) is 11.1. The van der Waals surface area contributed by atoms with E-state index in [0.29, 0.717) is 19.6 Å². The Balaban J connectivity index is 3.82. The van der Waals surface area contributed by atoms with Gasteiger partial charge in [0.2, 0.25) is 5.91 Å². The highest BCUT2D eigenvalue weighted by Crippen LogP contribution is 1.98. The van der Waals surface area contributed by atoms with Crippen molar-refractivity contribution in [2.75, 3.05) is 26.7 Å². The molecule has 18 heavy (non-hydrogen) atoms. The van der Waals surface area contributed by atoms with Gasteiger partial charge in [0.15, 0.2) is 0 Å². The van der Waals surface area contributed by atoms with Crippen molar-refractivity contribution < 1.29 is 14.3 Å². The van der Waals surface area contributed by atoms with Gasteiger partial charge < -0.3 is 16.2 Å². The van der Waals surface area contributed by atoms with Crippen LogP contribution < -0.4 is 16.9 Å². The highest BCUT2D eigenvalue weighted by Gasteiger charge is 2.13. The maximum Gasteiger partial charge on any atom is 0.322 e. The van der Waals surface area contributed by atoms with Gasteiger partial charge in [-0.25, -0.2) is 5.01 Å². The van der Waals surface area contributed by atoms with E-state index in [4.69, 9.17) is 16.2 Å². The van der Waals surface area contributed by atoms with Crippen LogP contribution in [0.3, 0.4) is 0 Å². The van der Waals surface area contributed by atoms with Crippen LogP contribution in [0.2, 0.25) is 0 Å². The summed E-state index contributed by atoms with van der Waals surface area (Å²) < 4.78 is 4.76. The van der Waals surface area contributed by atoms with Crippen LogP contribution in [0, 0.1) is 0 Å². The minimum Gasteiger partial charge on any atom is -0.465 e. The summed E-state index contributed by atoms with van der Waals surface area (Å²) in [7, 11) is 1.60. The van der Waals surface area contributed by atoms with Crippen molar-refractivity contribution in [1.82, 2.24) is 10.4 Å². The fraction of sp³-hybridized carbons (Fsp3) is 0.818. The molecule has 0 spiro atoms. The molecule has 5 N–H and O–H groups in total. The third-order valence-electron chi connectivity index (χ3n) is 2.21. The Bertz CT molecular complexity index is 261. The van der Waals surface area contributed by atoms with E-state index >= 15 is 0 Å². The van der Waals surface area contributed by atoms with Crippen LogP contribution in [0.15, 0.2) is 0 Å². The molecule has 7 heteroatoms. The lowest BCUT2D eigenvalue weighted by Crippen LogP contribution is -2.44. The molecule has 0 saturated carbocycles. The number of nitrogens with two attached hydrogens (primary N) is 2. The van der Waals surface area contributed by atoms with Gasteiger partial charge in [0.25, 0.3) is 0 Å². The number of amides is 1. The van der Waals surface area contributed by atoms with Gasteiger partial charge in [-0.05, 0) is 26.3 Å². The summed E-state index contributed by atoms with van der Waals surface area (Å²) in [6, 6.07) is -0.204. The monoisotopic (exact) mass is 260 g/mol. The Hall–Kier alpha value is -1.18. The molecule has 0 aliphatic heterocycles. The topological polar surface area (TPSA) is 111 Å². The van der Waals surface area contributed by atoms with Crippen LogP contribution in [-0.2, 0) is 14.3 Å². The van der Waals surface area contributed by atoms with E-state index in [1.54, 1.807) is 14.0 Å². The Morgan fingerprint density at radius 3 is 2.67 bits per heavy atom. The van der Waals surface area contributed by atoms with Crippen molar-refractivity contribution in [2.24, 2.45) is 11.5 Å². The number of nitrogens with zero attached hydrogens (tertiary/aromatic N) is 1. The second-order valence-electron chi connectivity index (χ2n) is 4.09. The zero-order valence-electron chi connectivity index (χ0n) is 11.1. The number of esters is 1. The molecule has 0 aliphatic rings. The highest BCUT2D eigenvalue weighted by atomic mass is 16.5. The van der Waals surface area contributed by atoms with Gasteiger partial charge in [-0.2, -0.15) is 0 Å². The lowest BCUT2D eigenvalue weighted by Gasteiger charge is -2.18. The van der Waals surface area contributed by atoms with E-state index in [1.165, 1.54) is 5.01 Å². The molecule has 1 atom stereocenters. The van der Waals surface area contributed by atoms with Crippen molar-refractivity contribution in [3.63, 3.8) is 0 Å². The van der Waals surface area contributed by atoms with Crippen molar-refractivity contribution in [2.45, 2.75) is 32.2 Å². The number of hydrogen-bond acceptors (Lipinski definition) is 6. The first-order chi connectivity index (χ1) is 8.49. The Morgan fingerprint density at radius 1 is 1.44 bits per heavy atom. The van der Waals surface area contributed by atoms with Crippen LogP contribution in [0.1, 0.15) is 26.2 Å². The quantitative estimate of drug-likeness (QED) is 0.361. The smallest absolute Gasteiger partial charge is 0.322 e. The number of hydrazine groups is 1. The first kappa shape index (κ1) is 16.8. The molecule has 0 bridgehead atoms. The maximum atomic E-state index is 11.6. The Kier molecular flexibility index (Phi) is 9.17. The summed E-state index contributed by atoms with van der Waals surface area (Å²) >= 11 is 0. The molecule has 0 aliphatic carbocycles. The van der Waals surface area contributed by atoms with E-state index in [1.807, 2.05) is 0 Å². The van der Waals surface area contributed by atoms with Gasteiger partial charge in [0.05, 0.1) is 6.61 Å². The van der Waals surface area contributed by atoms with E-state index in [-0.39, 0.29) is 30.9 Å². The number of carbonyl (C=O) groups excluding carboxylic acids is 2. The predicted octanol–water partition coefficient (Wildman–Crippen LogP) is -1.03. The molecule has 0 aromatic carbocycles. The first-order valence-electron chi connectivity index (χ1n) is 6.11. The molecule has 106 valence electrons.